The molecule has 8 nitrogen and oxygen atoms in total. The van der Waals surface area contributed by atoms with E-state index in [-0.39, 0.29) is 24.1 Å². The van der Waals surface area contributed by atoms with Crippen molar-refractivity contribution in [2.75, 3.05) is 52.9 Å². The molecule has 1 aliphatic rings. The molecule has 3 rings (SSSR count). The lowest BCUT2D eigenvalue weighted by Gasteiger charge is -2.31. The third-order valence-corrected chi connectivity index (χ3v) is 5.64. The normalized spacial score (nSPS) is 14.4. The number of halogens is 1. The first-order chi connectivity index (χ1) is 15.9. The fourth-order valence-corrected chi connectivity index (χ4v) is 3.84. The van der Waals surface area contributed by atoms with E-state index in [1.807, 2.05) is 0 Å². The van der Waals surface area contributed by atoms with Crippen LogP contribution in [0.4, 0.5) is 14.9 Å². The van der Waals surface area contributed by atoms with Gasteiger partial charge in [0.2, 0.25) is 5.75 Å². The van der Waals surface area contributed by atoms with Crippen molar-refractivity contribution in [3.63, 3.8) is 0 Å². The number of benzene rings is 2. The maximum absolute atomic E-state index is 13.1. The van der Waals surface area contributed by atoms with Crippen molar-refractivity contribution < 1.29 is 32.9 Å². The number of ketones is 1. The predicted molar refractivity (Wildman–Crippen MR) is 121 cm³/mol. The summed E-state index contributed by atoms with van der Waals surface area (Å²) in [4.78, 5) is 26.9. The number of ether oxygens (including phenoxy) is 4. The second kappa shape index (κ2) is 11.5. The molecule has 0 unspecified atom stereocenters. The van der Waals surface area contributed by atoms with Crippen LogP contribution in [0.5, 0.6) is 17.2 Å². The van der Waals surface area contributed by atoms with Crippen molar-refractivity contribution in [3.8, 4) is 17.2 Å². The molecular formula is C24H29FN2O6. The molecular weight excluding hydrogens is 431 g/mol. The molecule has 1 amide bonds. The monoisotopic (exact) mass is 460 g/mol. The third kappa shape index (κ3) is 6.35. The molecule has 0 aromatic heterocycles. The standard InChI is InChI=1S/C24H29FN2O6/c1-30-20-14-19(15-21(31-2)23(20)32-3)26-24(29)33-13-12-27-10-8-17(9-11-27)22(28)16-4-6-18(25)7-5-16/h4-7,14-15,17H,8-13H2,1-3H3,(H,26,29). The van der Waals surface area contributed by atoms with E-state index in [2.05, 4.69) is 10.2 Å². The average Bonchev–Trinajstić information content (AvgIpc) is 2.83. The third-order valence-electron chi connectivity index (χ3n) is 5.64. The highest BCUT2D eigenvalue weighted by molar-refractivity contribution is 5.97. The molecule has 2 aromatic carbocycles. The van der Waals surface area contributed by atoms with Crippen molar-refractivity contribution in [1.29, 1.82) is 0 Å². The van der Waals surface area contributed by atoms with Gasteiger partial charge >= 0.3 is 6.09 Å². The lowest BCUT2D eigenvalue weighted by atomic mass is 9.89. The van der Waals surface area contributed by atoms with Gasteiger partial charge in [0, 0.05) is 30.2 Å². The number of nitrogens with one attached hydrogen (secondary N) is 1. The van der Waals surface area contributed by atoms with Gasteiger partial charge in [-0.05, 0) is 50.2 Å². The van der Waals surface area contributed by atoms with Crippen LogP contribution >= 0.6 is 0 Å². The number of methoxy groups -OCH3 is 3. The lowest BCUT2D eigenvalue weighted by Crippen LogP contribution is -2.38. The Bertz CT molecular complexity index is 933. The summed E-state index contributed by atoms with van der Waals surface area (Å²) in [5.74, 6) is 0.901. The molecule has 33 heavy (non-hydrogen) atoms. The highest BCUT2D eigenvalue weighted by Gasteiger charge is 2.26. The zero-order valence-electron chi connectivity index (χ0n) is 19.1. The first-order valence-corrected chi connectivity index (χ1v) is 10.7. The number of hydrogen-bond acceptors (Lipinski definition) is 7. The minimum atomic E-state index is -0.592. The molecule has 1 heterocycles. The molecule has 2 aromatic rings. The van der Waals surface area contributed by atoms with Crippen molar-refractivity contribution in [2.45, 2.75) is 12.8 Å². The van der Waals surface area contributed by atoms with Crippen LogP contribution in [-0.4, -0.2) is 64.3 Å². The summed E-state index contributed by atoms with van der Waals surface area (Å²) in [7, 11) is 4.49. The van der Waals surface area contributed by atoms with E-state index in [0.717, 1.165) is 13.1 Å². The van der Waals surface area contributed by atoms with E-state index in [4.69, 9.17) is 18.9 Å². The number of anilines is 1. The van der Waals surface area contributed by atoms with E-state index in [0.29, 0.717) is 47.9 Å². The number of piperidine rings is 1. The van der Waals surface area contributed by atoms with Gasteiger partial charge in [0.15, 0.2) is 17.3 Å². The van der Waals surface area contributed by atoms with Gasteiger partial charge in [-0.3, -0.25) is 15.0 Å². The number of rotatable bonds is 9. The second-order valence-electron chi connectivity index (χ2n) is 7.66. The molecule has 1 fully saturated rings. The Morgan fingerprint density at radius 2 is 1.61 bits per heavy atom. The minimum Gasteiger partial charge on any atom is -0.493 e. The van der Waals surface area contributed by atoms with Crippen LogP contribution in [0.25, 0.3) is 0 Å². The summed E-state index contributed by atoms with van der Waals surface area (Å²) >= 11 is 0. The Labute approximate surface area is 192 Å². The van der Waals surface area contributed by atoms with Gasteiger partial charge in [0.25, 0.3) is 0 Å². The van der Waals surface area contributed by atoms with Crippen LogP contribution in [-0.2, 0) is 4.74 Å². The average molecular weight is 461 g/mol. The van der Waals surface area contributed by atoms with E-state index >= 15 is 0 Å². The zero-order valence-corrected chi connectivity index (χ0v) is 19.1. The molecule has 0 atom stereocenters. The highest BCUT2D eigenvalue weighted by Crippen LogP contribution is 2.39. The number of carbonyl (C=O) groups is 2. The van der Waals surface area contributed by atoms with Crippen LogP contribution in [0.3, 0.4) is 0 Å². The Morgan fingerprint density at radius 1 is 1.00 bits per heavy atom. The number of amides is 1. The molecule has 9 heteroatoms. The molecule has 1 aliphatic heterocycles. The molecule has 0 aliphatic carbocycles. The Morgan fingerprint density at radius 3 is 2.15 bits per heavy atom. The van der Waals surface area contributed by atoms with Crippen molar-refractivity contribution in [2.24, 2.45) is 5.92 Å². The van der Waals surface area contributed by atoms with Gasteiger partial charge in [0.1, 0.15) is 12.4 Å². The molecule has 0 spiro atoms. The second-order valence-corrected chi connectivity index (χ2v) is 7.66. The fraction of sp³-hybridized carbons (Fsp3) is 0.417. The maximum Gasteiger partial charge on any atom is 0.411 e. The first kappa shape index (κ1) is 24.3. The predicted octanol–water partition coefficient (Wildman–Crippen LogP) is 3.99. The maximum atomic E-state index is 13.1. The van der Waals surface area contributed by atoms with Crippen LogP contribution in [0, 0.1) is 11.7 Å². The first-order valence-electron chi connectivity index (χ1n) is 10.7. The molecule has 0 radical (unpaired) electrons. The number of hydrogen-bond donors (Lipinski definition) is 1. The summed E-state index contributed by atoms with van der Waals surface area (Å²) < 4.78 is 34.2. The van der Waals surface area contributed by atoms with Crippen LogP contribution < -0.4 is 19.5 Å². The SMILES string of the molecule is COc1cc(NC(=O)OCCN2CCC(C(=O)c3ccc(F)cc3)CC2)cc(OC)c1OC. The molecule has 1 saturated heterocycles. The van der Waals surface area contributed by atoms with Gasteiger partial charge in [-0.15, -0.1) is 0 Å². The summed E-state index contributed by atoms with van der Waals surface area (Å²) in [5, 5.41) is 2.66. The number of Topliss-reactive ketones (excluding diaryl/α,β-unsaturated/α-hetero) is 1. The smallest absolute Gasteiger partial charge is 0.411 e. The zero-order chi connectivity index (χ0) is 23.8. The highest BCUT2D eigenvalue weighted by atomic mass is 19.1. The molecule has 0 saturated carbocycles. The quantitative estimate of drug-likeness (QED) is 0.566. The van der Waals surface area contributed by atoms with Crippen molar-refractivity contribution in [1.82, 2.24) is 4.90 Å². The topological polar surface area (TPSA) is 86.3 Å². The molecule has 178 valence electrons. The number of carbonyl (C=O) groups excluding carboxylic acids is 2. The van der Waals surface area contributed by atoms with E-state index in [9.17, 15) is 14.0 Å². The number of nitrogens with zero attached hydrogens (tertiary/aromatic N) is 1. The van der Waals surface area contributed by atoms with Crippen molar-refractivity contribution in [3.05, 3.63) is 47.8 Å². The van der Waals surface area contributed by atoms with Crippen LogP contribution in [0.15, 0.2) is 36.4 Å². The number of likely N-dealkylation sites (tertiary alicyclic amines) is 1. The molecule has 0 bridgehead atoms. The Balaban J connectivity index is 1.43. The van der Waals surface area contributed by atoms with Crippen LogP contribution in [0.1, 0.15) is 23.2 Å². The Kier molecular flexibility index (Phi) is 8.48. The van der Waals surface area contributed by atoms with Gasteiger partial charge in [0.05, 0.1) is 27.0 Å². The largest absolute Gasteiger partial charge is 0.493 e. The van der Waals surface area contributed by atoms with E-state index in [1.54, 1.807) is 12.1 Å². The van der Waals surface area contributed by atoms with E-state index < -0.39 is 6.09 Å². The summed E-state index contributed by atoms with van der Waals surface area (Å²) in [6.07, 6.45) is 0.840. The van der Waals surface area contributed by atoms with Gasteiger partial charge in [-0.25, -0.2) is 9.18 Å². The van der Waals surface area contributed by atoms with E-state index in [1.165, 1.54) is 45.6 Å². The van der Waals surface area contributed by atoms with Gasteiger partial charge in [-0.2, -0.15) is 0 Å². The molecule has 1 N–H and O–H groups in total. The summed E-state index contributed by atoms with van der Waals surface area (Å²) in [6.45, 7) is 2.25. The fourth-order valence-electron chi connectivity index (χ4n) is 3.84. The Hall–Kier alpha value is -3.33. The van der Waals surface area contributed by atoms with Gasteiger partial charge < -0.3 is 18.9 Å². The summed E-state index contributed by atoms with van der Waals surface area (Å²) in [6, 6.07) is 8.91. The lowest BCUT2D eigenvalue weighted by molar-refractivity contribution is 0.0813. The minimum absolute atomic E-state index is 0.0515. The summed E-state index contributed by atoms with van der Waals surface area (Å²) in [5.41, 5.74) is 0.997. The van der Waals surface area contributed by atoms with Crippen LogP contribution in [0.2, 0.25) is 0 Å². The van der Waals surface area contributed by atoms with Gasteiger partial charge in [-0.1, -0.05) is 0 Å². The van der Waals surface area contributed by atoms with Crippen molar-refractivity contribution >= 4 is 17.6 Å².